The molecule has 0 bridgehead atoms. The van der Waals surface area contributed by atoms with E-state index in [-0.39, 0.29) is 0 Å². The van der Waals surface area contributed by atoms with Crippen LogP contribution in [0, 0.1) is 0 Å². The SMILES string of the molecule is CCOc1ccc(-c2cccc(CN3CCOCC3)c2)nn1. The minimum Gasteiger partial charge on any atom is -0.477 e. The van der Waals surface area contributed by atoms with Gasteiger partial charge in [-0.1, -0.05) is 18.2 Å². The number of morpholine rings is 1. The van der Waals surface area contributed by atoms with Crippen molar-refractivity contribution in [3.63, 3.8) is 0 Å². The average Bonchev–Trinajstić information content (AvgIpc) is 2.57. The van der Waals surface area contributed by atoms with E-state index in [0.717, 1.165) is 44.1 Å². The molecular formula is C17H21N3O2. The van der Waals surface area contributed by atoms with E-state index < -0.39 is 0 Å². The van der Waals surface area contributed by atoms with Crippen molar-refractivity contribution >= 4 is 0 Å². The molecule has 1 aliphatic rings. The highest BCUT2D eigenvalue weighted by atomic mass is 16.5. The van der Waals surface area contributed by atoms with Gasteiger partial charge >= 0.3 is 0 Å². The van der Waals surface area contributed by atoms with Crippen molar-refractivity contribution < 1.29 is 9.47 Å². The number of hydrogen-bond donors (Lipinski definition) is 0. The third-order valence-corrected chi connectivity index (χ3v) is 3.66. The second kappa shape index (κ2) is 7.33. The summed E-state index contributed by atoms with van der Waals surface area (Å²) in [5.74, 6) is 0.565. The van der Waals surface area contributed by atoms with Gasteiger partial charge in [-0.2, -0.15) is 0 Å². The van der Waals surface area contributed by atoms with Crippen molar-refractivity contribution in [2.75, 3.05) is 32.9 Å². The highest BCUT2D eigenvalue weighted by Gasteiger charge is 2.11. The first-order chi connectivity index (χ1) is 10.8. The average molecular weight is 299 g/mol. The monoisotopic (exact) mass is 299 g/mol. The number of benzene rings is 1. The Morgan fingerprint density at radius 3 is 2.73 bits per heavy atom. The summed E-state index contributed by atoms with van der Waals surface area (Å²) in [5, 5.41) is 8.34. The zero-order valence-electron chi connectivity index (χ0n) is 12.9. The van der Waals surface area contributed by atoms with Crippen LogP contribution in [0.3, 0.4) is 0 Å². The van der Waals surface area contributed by atoms with Crippen molar-refractivity contribution in [3.8, 4) is 17.1 Å². The lowest BCUT2D eigenvalue weighted by Gasteiger charge is -2.26. The Morgan fingerprint density at radius 1 is 1.14 bits per heavy atom. The highest BCUT2D eigenvalue weighted by molar-refractivity contribution is 5.59. The normalized spacial score (nSPS) is 15.7. The molecule has 3 rings (SSSR count). The van der Waals surface area contributed by atoms with Gasteiger partial charge in [-0.15, -0.1) is 10.2 Å². The molecule has 1 aromatic carbocycles. The summed E-state index contributed by atoms with van der Waals surface area (Å²) >= 11 is 0. The second-order valence-corrected chi connectivity index (χ2v) is 5.28. The van der Waals surface area contributed by atoms with Crippen molar-refractivity contribution in [2.24, 2.45) is 0 Å². The first-order valence-electron chi connectivity index (χ1n) is 7.71. The Labute approximate surface area is 130 Å². The van der Waals surface area contributed by atoms with Gasteiger partial charge in [-0.25, -0.2) is 0 Å². The molecule has 22 heavy (non-hydrogen) atoms. The van der Waals surface area contributed by atoms with Gasteiger partial charge in [0.15, 0.2) is 0 Å². The molecule has 0 radical (unpaired) electrons. The van der Waals surface area contributed by atoms with Crippen molar-refractivity contribution in [3.05, 3.63) is 42.0 Å². The van der Waals surface area contributed by atoms with Gasteiger partial charge in [-0.3, -0.25) is 4.90 Å². The molecule has 0 amide bonds. The summed E-state index contributed by atoms with van der Waals surface area (Å²) in [6.45, 7) is 7.11. The molecule has 0 atom stereocenters. The quantitative estimate of drug-likeness (QED) is 0.848. The van der Waals surface area contributed by atoms with E-state index in [1.165, 1.54) is 5.56 Å². The Kier molecular flexibility index (Phi) is 4.98. The van der Waals surface area contributed by atoms with Gasteiger partial charge < -0.3 is 9.47 Å². The molecule has 5 heteroatoms. The van der Waals surface area contributed by atoms with Crippen LogP contribution in [0.5, 0.6) is 5.88 Å². The standard InChI is InChI=1S/C17H21N3O2/c1-2-22-17-7-6-16(18-19-17)15-5-3-4-14(12-15)13-20-8-10-21-11-9-20/h3-7,12H,2,8-11,13H2,1H3. The van der Waals surface area contributed by atoms with E-state index >= 15 is 0 Å². The van der Waals surface area contributed by atoms with Crippen LogP contribution >= 0.6 is 0 Å². The van der Waals surface area contributed by atoms with E-state index in [1.807, 2.05) is 19.1 Å². The topological polar surface area (TPSA) is 47.5 Å². The Morgan fingerprint density at radius 2 is 2.00 bits per heavy atom. The van der Waals surface area contributed by atoms with Gasteiger partial charge in [0, 0.05) is 31.3 Å². The first-order valence-corrected chi connectivity index (χ1v) is 7.71. The molecule has 0 saturated carbocycles. The third kappa shape index (κ3) is 3.81. The maximum absolute atomic E-state index is 5.39. The lowest BCUT2D eigenvalue weighted by molar-refractivity contribution is 0.0342. The summed E-state index contributed by atoms with van der Waals surface area (Å²) in [6, 6.07) is 12.3. The van der Waals surface area contributed by atoms with Crippen molar-refractivity contribution in [1.29, 1.82) is 0 Å². The van der Waals surface area contributed by atoms with E-state index in [1.54, 1.807) is 0 Å². The maximum Gasteiger partial charge on any atom is 0.233 e. The largest absolute Gasteiger partial charge is 0.477 e. The number of aromatic nitrogens is 2. The molecule has 0 spiro atoms. The van der Waals surface area contributed by atoms with Crippen LogP contribution in [0.15, 0.2) is 36.4 Å². The van der Waals surface area contributed by atoms with Crippen molar-refractivity contribution in [1.82, 2.24) is 15.1 Å². The molecular weight excluding hydrogens is 278 g/mol. The van der Waals surface area contributed by atoms with Crippen LogP contribution in [0.4, 0.5) is 0 Å². The highest BCUT2D eigenvalue weighted by Crippen LogP contribution is 2.20. The molecule has 1 aromatic heterocycles. The maximum atomic E-state index is 5.39. The Bertz CT molecular complexity index is 595. The Hall–Kier alpha value is -1.98. The molecule has 1 saturated heterocycles. The molecule has 0 unspecified atom stereocenters. The van der Waals surface area contributed by atoms with Gasteiger partial charge in [0.1, 0.15) is 0 Å². The third-order valence-electron chi connectivity index (χ3n) is 3.66. The summed E-state index contributed by atoms with van der Waals surface area (Å²) in [7, 11) is 0. The van der Waals surface area contributed by atoms with Crippen LogP contribution in [0.2, 0.25) is 0 Å². The summed E-state index contributed by atoms with van der Waals surface area (Å²) in [6.07, 6.45) is 0. The predicted molar refractivity (Wildman–Crippen MR) is 84.7 cm³/mol. The van der Waals surface area contributed by atoms with E-state index in [4.69, 9.17) is 9.47 Å². The van der Waals surface area contributed by atoms with Gasteiger partial charge in [0.25, 0.3) is 0 Å². The summed E-state index contributed by atoms with van der Waals surface area (Å²) in [5.41, 5.74) is 3.24. The van der Waals surface area contributed by atoms with Gasteiger partial charge in [0.05, 0.1) is 25.5 Å². The molecule has 0 aliphatic carbocycles. The van der Waals surface area contributed by atoms with Gasteiger partial charge in [0.2, 0.25) is 5.88 Å². The van der Waals surface area contributed by atoms with Crippen LogP contribution in [-0.2, 0) is 11.3 Å². The van der Waals surface area contributed by atoms with Crippen LogP contribution in [-0.4, -0.2) is 48.0 Å². The zero-order valence-corrected chi connectivity index (χ0v) is 12.9. The number of hydrogen-bond acceptors (Lipinski definition) is 5. The van der Waals surface area contributed by atoms with E-state index in [2.05, 4.69) is 39.4 Å². The molecule has 1 fully saturated rings. The first kappa shape index (κ1) is 14.9. The zero-order chi connectivity index (χ0) is 15.2. The second-order valence-electron chi connectivity index (χ2n) is 5.28. The molecule has 1 aliphatic heterocycles. The number of nitrogens with zero attached hydrogens (tertiary/aromatic N) is 3. The fourth-order valence-electron chi connectivity index (χ4n) is 2.55. The van der Waals surface area contributed by atoms with Gasteiger partial charge in [-0.05, 0) is 24.6 Å². The lowest BCUT2D eigenvalue weighted by Crippen LogP contribution is -2.35. The van der Waals surface area contributed by atoms with E-state index in [0.29, 0.717) is 12.5 Å². The molecule has 2 heterocycles. The molecule has 116 valence electrons. The fourth-order valence-corrected chi connectivity index (χ4v) is 2.55. The molecule has 2 aromatic rings. The Balaban J connectivity index is 1.72. The number of rotatable bonds is 5. The van der Waals surface area contributed by atoms with Crippen molar-refractivity contribution in [2.45, 2.75) is 13.5 Å². The lowest BCUT2D eigenvalue weighted by atomic mass is 10.1. The summed E-state index contributed by atoms with van der Waals surface area (Å²) < 4.78 is 10.7. The van der Waals surface area contributed by atoms with Crippen LogP contribution < -0.4 is 4.74 Å². The van der Waals surface area contributed by atoms with Crippen LogP contribution in [0.1, 0.15) is 12.5 Å². The number of ether oxygens (including phenoxy) is 2. The smallest absolute Gasteiger partial charge is 0.233 e. The van der Waals surface area contributed by atoms with E-state index in [9.17, 15) is 0 Å². The van der Waals surface area contributed by atoms with Crippen LogP contribution in [0.25, 0.3) is 11.3 Å². The minimum absolute atomic E-state index is 0.565. The fraction of sp³-hybridized carbons (Fsp3) is 0.412. The molecule has 5 nitrogen and oxygen atoms in total. The summed E-state index contributed by atoms with van der Waals surface area (Å²) in [4.78, 5) is 2.41. The molecule has 0 N–H and O–H groups in total. The predicted octanol–water partition coefficient (Wildman–Crippen LogP) is 2.37. The minimum atomic E-state index is 0.565.